The molecule has 6 nitrogen and oxygen atoms in total. The Kier molecular flexibility index (Phi) is 7.43. The van der Waals surface area contributed by atoms with Crippen LogP contribution in [0.3, 0.4) is 0 Å². The van der Waals surface area contributed by atoms with Crippen LogP contribution in [0.2, 0.25) is 10.0 Å². The summed E-state index contributed by atoms with van der Waals surface area (Å²) in [6.07, 6.45) is 4.92. The van der Waals surface area contributed by atoms with Crippen molar-refractivity contribution in [3.8, 4) is 29.0 Å². The van der Waals surface area contributed by atoms with E-state index in [1.165, 1.54) is 12.3 Å². The zero-order chi connectivity index (χ0) is 25.9. The van der Waals surface area contributed by atoms with Gasteiger partial charge in [-0.3, -0.25) is 9.78 Å². The predicted octanol–water partition coefficient (Wildman–Crippen LogP) is 7.54. The van der Waals surface area contributed by atoms with Gasteiger partial charge in [0.25, 0.3) is 0 Å². The van der Waals surface area contributed by atoms with Crippen LogP contribution in [0.5, 0.6) is 11.8 Å². The van der Waals surface area contributed by atoms with Crippen molar-refractivity contribution in [2.45, 2.75) is 25.6 Å². The molecule has 0 aliphatic heterocycles. The number of carbonyl (C=O) groups is 1. The highest BCUT2D eigenvalue weighted by Crippen LogP contribution is 2.43. The smallest absolute Gasteiger partial charge is 0.236 e. The van der Waals surface area contributed by atoms with Gasteiger partial charge in [0.2, 0.25) is 11.8 Å². The number of carbonyl (C=O) groups excluding carboxylic acids is 1. The van der Waals surface area contributed by atoms with Gasteiger partial charge in [-0.1, -0.05) is 53.5 Å². The van der Waals surface area contributed by atoms with Crippen LogP contribution in [0.15, 0.2) is 65.4 Å². The summed E-state index contributed by atoms with van der Waals surface area (Å²) in [5.74, 6) is 0.263. The summed E-state index contributed by atoms with van der Waals surface area (Å²) in [6, 6.07) is 17.1. The molecule has 1 aliphatic rings. The van der Waals surface area contributed by atoms with Gasteiger partial charge in [-0.2, -0.15) is 10.2 Å². The number of ether oxygens (including phenoxy) is 2. The maximum Gasteiger partial charge on any atom is 0.236 e. The lowest BCUT2D eigenvalue weighted by Gasteiger charge is -2.17. The van der Waals surface area contributed by atoms with Crippen molar-refractivity contribution in [3.63, 3.8) is 0 Å². The maximum atomic E-state index is 11.6. The van der Waals surface area contributed by atoms with Crippen molar-refractivity contribution >= 4 is 45.4 Å². The second-order valence-electron chi connectivity index (χ2n) is 8.39. The van der Waals surface area contributed by atoms with Crippen molar-refractivity contribution in [2.24, 2.45) is 0 Å². The lowest BCUT2D eigenvalue weighted by molar-refractivity contribution is 0.111. The van der Waals surface area contributed by atoms with E-state index in [1.807, 2.05) is 36.4 Å². The molecule has 37 heavy (non-hydrogen) atoms. The van der Waals surface area contributed by atoms with Crippen molar-refractivity contribution < 1.29 is 14.3 Å². The Balaban J connectivity index is 1.42. The van der Waals surface area contributed by atoms with Gasteiger partial charge in [0.1, 0.15) is 23.8 Å². The molecule has 0 saturated carbocycles. The summed E-state index contributed by atoms with van der Waals surface area (Å²) in [5, 5.41) is 9.95. The Morgan fingerprint density at radius 3 is 2.73 bits per heavy atom. The molecule has 2 aromatic carbocycles. The molecule has 0 N–H and O–H groups in total. The van der Waals surface area contributed by atoms with Gasteiger partial charge in [0.15, 0.2) is 6.29 Å². The van der Waals surface area contributed by atoms with E-state index < -0.39 is 0 Å². The highest BCUT2D eigenvalue weighted by Gasteiger charge is 2.28. The van der Waals surface area contributed by atoms with Crippen molar-refractivity contribution in [3.05, 3.63) is 103 Å². The second-order valence-corrected chi connectivity index (χ2v) is 10.0. The molecule has 9 heteroatoms. The van der Waals surface area contributed by atoms with E-state index in [4.69, 9.17) is 37.9 Å². The van der Waals surface area contributed by atoms with Crippen molar-refractivity contribution in [1.29, 1.82) is 5.26 Å². The van der Waals surface area contributed by atoms with E-state index in [9.17, 15) is 4.79 Å². The zero-order valence-electron chi connectivity index (χ0n) is 19.2. The Hall–Kier alpha value is -3.44. The maximum absolute atomic E-state index is 11.6. The lowest BCUT2D eigenvalue weighted by atomic mass is 9.96. The fourth-order valence-corrected chi connectivity index (χ4v) is 5.17. The number of pyridine rings is 2. The Morgan fingerprint density at radius 2 is 1.92 bits per heavy atom. The number of halogens is 3. The van der Waals surface area contributed by atoms with E-state index in [0.717, 1.165) is 39.6 Å². The van der Waals surface area contributed by atoms with Crippen LogP contribution < -0.4 is 9.47 Å². The van der Waals surface area contributed by atoms with Crippen molar-refractivity contribution in [2.75, 3.05) is 0 Å². The van der Waals surface area contributed by atoms with Crippen LogP contribution in [0, 0.1) is 11.3 Å². The van der Waals surface area contributed by atoms with E-state index in [-0.39, 0.29) is 35.1 Å². The fraction of sp³-hybridized carbons (Fsp3) is 0.143. The highest BCUT2D eigenvalue weighted by atomic mass is 79.9. The summed E-state index contributed by atoms with van der Waals surface area (Å²) < 4.78 is 12.9. The summed E-state index contributed by atoms with van der Waals surface area (Å²) >= 11 is 16.5. The minimum Gasteiger partial charge on any atom is -0.472 e. The van der Waals surface area contributed by atoms with Crippen LogP contribution in [-0.4, -0.2) is 16.3 Å². The molecule has 0 radical (unpaired) electrons. The van der Waals surface area contributed by atoms with Gasteiger partial charge in [-0.15, -0.1) is 0 Å². The van der Waals surface area contributed by atoms with E-state index in [1.54, 1.807) is 12.3 Å². The average Bonchev–Trinajstić information content (AvgIpc) is 3.33. The first-order valence-corrected chi connectivity index (χ1v) is 12.9. The van der Waals surface area contributed by atoms with Gasteiger partial charge in [0.05, 0.1) is 16.1 Å². The molecule has 1 aliphatic carbocycles. The molecular formula is C28H18BrCl2N3O3. The SMILES string of the molecule is N#Cc1cncc(COc2nc(O[C@H]3CCc4c(-c5cccc(Br)c5Cl)cccc43)c(Cl)cc2C=O)c1. The number of nitrogens with zero attached hydrogens (tertiary/aromatic N) is 3. The molecule has 0 saturated heterocycles. The summed E-state index contributed by atoms with van der Waals surface area (Å²) in [6.45, 7) is 0.0699. The number of aldehydes is 1. The topological polar surface area (TPSA) is 85.1 Å². The quantitative estimate of drug-likeness (QED) is 0.205. The van der Waals surface area contributed by atoms with Crippen molar-refractivity contribution in [1.82, 2.24) is 9.97 Å². The normalized spacial score (nSPS) is 14.1. The van der Waals surface area contributed by atoms with E-state index >= 15 is 0 Å². The first-order valence-electron chi connectivity index (χ1n) is 11.3. The molecule has 184 valence electrons. The third-order valence-electron chi connectivity index (χ3n) is 6.07. The predicted molar refractivity (Wildman–Crippen MR) is 144 cm³/mol. The van der Waals surface area contributed by atoms with Crippen LogP contribution in [0.25, 0.3) is 11.1 Å². The molecule has 2 heterocycles. The number of fused-ring (bicyclic) bond motifs is 1. The standard InChI is InChI=1S/C28H18BrCl2N3O3/c29-23-6-2-5-22(26(23)31)19-3-1-4-21-20(19)7-8-25(21)37-28-24(30)10-18(14-35)27(34-28)36-15-17-9-16(11-32)12-33-13-17/h1-6,9-10,12-14,25H,7-8,15H2/t25-/m0/s1. The highest BCUT2D eigenvalue weighted by molar-refractivity contribution is 9.10. The zero-order valence-corrected chi connectivity index (χ0v) is 22.3. The van der Waals surface area contributed by atoms with Gasteiger partial charge in [-0.05, 0) is 63.7 Å². The number of hydrogen-bond donors (Lipinski definition) is 0. The van der Waals surface area contributed by atoms with Gasteiger partial charge in [0, 0.05) is 28.0 Å². The van der Waals surface area contributed by atoms with Gasteiger partial charge < -0.3 is 9.47 Å². The fourth-order valence-electron chi connectivity index (χ4n) is 4.37. The third kappa shape index (κ3) is 5.19. The molecule has 0 fully saturated rings. The Bertz CT molecular complexity index is 1550. The van der Waals surface area contributed by atoms with Gasteiger partial charge >= 0.3 is 0 Å². The molecule has 0 amide bonds. The molecule has 1 atom stereocenters. The molecule has 5 rings (SSSR count). The van der Waals surface area contributed by atoms with Crippen LogP contribution in [-0.2, 0) is 13.0 Å². The molecule has 2 aromatic heterocycles. The van der Waals surface area contributed by atoms with E-state index in [2.05, 4.69) is 32.0 Å². The first-order chi connectivity index (χ1) is 18.0. The molecule has 0 bridgehead atoms. The number of aromatic nitrogens is 2. The van der Waals surface area contributed by atoms with Gasteiger partial charge in [-0.25, -0.2) is 0 Å². The van der Waals surface area contributed by atoms with E-state index in [0.29, 0.717) is 22.4 Å². The number of benzene rings is 2. The second kappa shape index (κ2) is 10.9. The Morgan fingerprint density at radius 1 is 1.11 bits per heavy atom. The summed E-state index contributed by atoms with van der Waals surface area (Å²) in [7, 11) is 0. The lowest BCUT2D eigenvalue weighted by Crippen LogP contribution is -2.08. The minimum atomic E-state index is -0.280. The van der Waals surface area contributed by atoms with Crippen LogP contribution in [0.4, 0.5) is 0 Å². The summed E-state index contributed by atoms with van der Waals surface area (Å²) in [5.41, 5.74) is 5.47. The number of nitriles is 1. The molecule has 0 unspecified atom stereocenters. The number of hydrogen-bond acceptors (Lipinski definition) is 6. The summed E-state index contributed by atoms with van der Waals surface area (Å²) in [4.78, 5) is 20.1. The average molecular weight is 595 g/mol. The molecule has 4 aromatic rings. The largest absolute Gasteiger partial charge is 0.472 e. The van der Waals surface area contributed by atoms with Crippen LogP contribution >= 0.6 is 39.1 Å². The molecule has 0 spiro atoms. The Labute approximate surface area is 231 Å². The third-order valence-corrected chi connectivity index (χ3v) is 7.64. The van der Waals surface area contributed by atoms with Crippen LogP contribution in [0.1, 0.15) is 45.1 Å². The number of rotatable bonds is 7. The first kappa shape index (κ1) is 25.2. The minimum absolute atomic E-state index is 0.0699. The monoisotopic (exact) mass is 593 g/mol. The molecular weight excluding hydrogens is 577 g/mol.